The predicted molar refractivity (Wildman–Crippen MR) is 119 cm³/mol. The van der Waals surface area contributed by atoms with Crippen molar-refractivity contribution in [3.8, 4) is 0 Å². The number of nitrogens with zero attached hydrogens (tertiary/aromatic N) is 6. The fraction of sp³-hybridized carbons (Fsp3) is 0.524. The van der Waals surface area contributed by atoms with Crippen LogP contribution in [0.3, 0.4) is 0 Å². The van der Waals surface area contributed by atoms with Gasteiger partial charge in [0.1, 0.15) is 0 Å². The van der Waals surface area contributed by atoms with Crippen LogP contribution in [-0.2, 0) is 28.3 Å². The van der Waals surface area contributed by atoms with Gasteiger partial charge in [-0.05, 0) is 47.9 Å². The molecule has 0 spiro atoms. The molecule has 0 aliphatic carbocycles. The van der Waals surface area contributed by atoms with E-state index in [0.29, 0.717) is 40.5 Å². The lowest BCUT2D eigenvalue weighted by molar-refractivity contribution is 0.0601. The molecule has 0 saturated carbocycles. The Labute approximate surface area is 189 Å². The lowest BCUT2D eigenvalue weighted by Gasteiger charge is -2.16. The Morgan fingerprint density at radius 1 is 1.38 bits per heavy atom. The summed E-state index contributed by atoms with van der Waals surface area (Å²) in [5.74, 6) is 0.725. The van der Waals surface area contributed by atoms with Crippen LogP contribution in [0.2, 0.25) is 0 Å². The van der Waals surface area contributed by atoms with Crippen molar-refractivity contribution in [1.82, 2.24) is 29.8 Å². The van der Waals surface area contributed by atoms with Gasteiger partial charge in [0, 0.05) is 13.2 Å². The summed E-state index contributed by atoms with van der Waals surface area (Å²) in [6, 6.07) is 4.80. The number of benzene rings is 1. The van der Waals surface area contributed by atoms with Gasteiger partial charge in [-0.25, -0.2) is 14.5 Å². The molecular weight excluding hydrogens is 432 g/mol. The first-order valence-corrected chi connectivity index (χ1v) is 11.7. The van der Waals surface area contributed by atoms with Crippen LogP contribution in [0.5, 0.6) is 0 Å². The molecule has 10 nitrogen and oxygen atoms in total. The summed E-state index contributed by atoms with van der Waals surface area (Å²) >= 11 is 1.40. The van der Waals surface area contributed by atoms with E-state index in [1.807, 2.05) is 0 Å². The molecule has 0 bridgehead atoms. The number of tetrazole rings is 1. The Morgan fingerprint density at radius 2 is 2.25 bits per heavy atom. The number of esters is 1. The lowest BCUT2D eigenvalue weighted by Crippen LogP contribution is -2.29. The maximum absolute atomic E-state index is 13.3. The molecular formula is C21H26N6O4S. The van der Waals surface area contributed by atoms with Gasteiger partial charge in [-0.15, -0.1) is 5.10 Å². The summed E-state index contributed by atoms with van der Waals surface area (Å²) < 4.78 is 14.0. The van der Waals surface area contributed by atoms with E-state index < -0.39 is 5.97 Å². The minimum absolute atomic E-state index is 0.0180. The van der Waals surface area contributed by atoms with E-state index in [4.69, 9.17) is 14.5 Å². The molecule has 1 atom stereocenters. The number of aromatic nitrogens is 6. The molecule has 3 heterocycles. The van der Waals surface area contributed by atoms with Crippen LogP contribution >= 0.6 is 11.8 Å². The van der Waals surface area contributed by atoms with Crippen LogP contribution in [0.4, 0.5) is 0 Å². The molecule has 2 aromatic heterocycles. The second kappa shape index (κ2) is 10.2. The van der Waals surface area contributed by atoms with E-state index in [-0.39, 0.29) is 11.7 Å². The van der Waals surface area contributed by atoms with Gasteiger partial charge in [0.25, 0.3) is 5.56 Å². The van der Waals surface area contributed by atoms with E-state index in [2.05, 4.69) is 22.4 Å². The second-order valence-electron chi connectivity index (χ2n) is 7.63. The molecule has 1 unspecified atom stereocenters. The Morgan fingerprint density at radius 3 is 3.00 bits per heavy atom. The molecule has 1 aliphatic rings. The molecule has 0 amide bonds. The van der Waals surface area contributed by atoms with Gasteiger partial charge < -0.3 is 9.47 Å². The van der Waals surface area contributed by atoms with Gasteiger partial charge in [0.2, 0.25) is 0 Å². The third-order valence-corrected chi connectivity index (χ3v) is 6.38. The van der Waals surface area contributed by atoms with Crippen molar-refractivity contribution in [3.63, 3.8) is 0 Å². The Kier molecular flexibility index (Phi) is 7.15. The number of methoxy groups -OCH3 is 1. The van der Waals surface area contributed by atoms with Crippen LogP contribution in [-0.4, -0.2) is 55.5 Å². The summed E-state index contributed by atoms with van der Waals surface area (Å²) in [5.41, 5.74) is 0.646. The summed E-state index contributed by atoms with van der Waals surface area (Å²) in [6.45, 7) is 4.00. The lowest BCUT2D eigenvalue weighted by atomic mass is 10.1. The Balaban J connectivity index is 1.69. The van der Waals surface area contributed by atoms with Crippen molar-refractivity contribution < 1.29 is 14.3 Å². The molecule has 32 heavy (non-hydrogen) atoms. The van der Waals surface area contributed by atoms with Gasteiger partial charge in [-0.2, -0.15) is 0 Å². The van der Waals surface area contributed by atoms with Crippen LogP contribution < -0.4 is 5.56 Å². The third kappa shape index (κ3) is 4.83. The largest absolute Gasteiger partial charge is 0.465 e. The standard InChI is InChI=1S/C21H26N6O4S/c1-3-4-9-27-18(23-24-25-27)13-32-21-22-17-11-14(20(29)30-2)7-8-16(17)19(28)26(21)12-15-6-5-10-31-15/h7-8,11,15H,3-6,9-10,12-13H2,1-2H3. The number of rotatable bonds is 9. The Bertz CT molecular complexity index is 1150. The smallest absolute Gasteiger partial charge is 0.337 e. The number of aryl methyl sites for hydroxylation is 1. The molecule has 1 fully saturated rings. The molecule has 1 aromatic carbocycles. The highest BCUT2D eigenvalue weighted by Gasteiger charge is 2.21. The number of thioether (sulfide) groups is 1. The number of fused-ring (bicyclic) bond motifs is 1. The minimum atomic E-state index is -0.471. The third-order valence-electron chi connectivity index (χ3n) is 5.41. The first-order chi connectivity index (χ1) is 15.6. The predicted octanol–water partition coefficient (Wildman–Crippen LogP) is 2.44. The van der Waals surface area contributed by atoms with Crippen molar-refractivity contribution >= 4 is 28.6 Å². The maximum atomic E-state index is 13.3. The summed E-state index contributed by atoms with van der Waals surface area (Å²) in [5, 5.41) is 13.0. The van der Waals surface area contributed by atoms with Crippen molar-refractivity contribution in [2.24, 2.45) is 0 Å². The first-order valence-electron chi connectivity index (χ1n) is 10.7. The molecule has 11 heteroatoms. The quantitative estimate of drug-likeness (QED) is 0.271. The van der Waals surface area contributed by atoms with Crippen molar-refractivity contribution in [1.29, 1.82) is 0 Å². The van der Waals surface area contributed by atoms with Crippen LogP contribution in [0, 0.1) is 0 Å². The van der Waals surface area contributed by atoms with Gasteiger partial charge in [-0.3, -0.25) is 9.36 Å². The van der Waals surface area contributed by atoms with Crippen molar-refractivity contribution in [3.05, 3.63) is 39.9 Å². The molecule has 0 radical (unpaired) electrons. The highest BCUT2D eigenvalue weighted by Crippen LogP contribution is 2.24. The van der Waals surface area contributed by atoms with E-state index >= 15 is 0 Å². The minimum Gasteiger partial charge on any atom is -0.465 e. The van der Waals surface area contributed by atoms with Crippen LogP contribution in [0.1, 0.15) is 48.8 Å². The average Bonchev–Trinajstić information content (AvgIpc) is 3.49. The van der Waals surface area contributed by atoms with Crippen LogP contribution in [0.25, 0.3) is 10.9 Å². The fourth-order valence-corrected chi connectivity index (χ4v) is 4.59. The number of carbonyl (C=O) groups excluding carboxylic acids is 1. The zero-order chi connectivity index (χ0) is 22.5. The second-order valence-corrected chi connectivity index (χ2v) is 8.57. The summed E-state index contributed by atoms with van der Waals surface area (Å²) in [6.07, 6.45) is 3.90. The highest BCUT2D eigenvalue weighted by molar-refractivity contribution is 7.98. The van der Waals surface area contributed by atoms with Gasteiger partial charge in [0.15, 0.2) is 11.0 Å². The molecule has 0 N–H and O–H groups in total. The molecule has 3 aromatic rings. The van der Waals surface area contributed by atoms with Crippen molar-refractivity contribution in [2.75, 3.05) is 13.7 Å². The number of hydrogen-bond donors (Lipinski definition) is 0. The average molecular weight is 459 g/mol. The molecule has 170 valence electrons. The Hall–Kier alpha value is -2.79. The SMILES string of the molecule is CCCCn1nnnc1CSc1nc2cc(C(=O)OC)ccc2c(=O)n1CC1CCCO1. The number of hydrogen-bond acceptors (Lipinski definition) is 9. The zero-order valence-corrected chi connectivity index (χ0v) is 19.0. The van der Waals surface area contributed by atoms with Crippen LogP contribution in [0.15, 0.2) is 28.2 Å². The normalized spacial score (nSPS) is 16.0. The number of ether oxygens (including phenoxy) is 2. The number of carbonyl (C=O) groups is 1. The zero-order valence-electron chi connectivity index (χ0n) is 18.2. The first kappa shape index (κ1) is 22.4. The molecule has 4 rings (SSSR count). The molecule has 1 saturated heterocycles. The number of unbranched alkanes of at least 4 members (excludes halogenated alkanes) is 1. The maximum Gasteiger partial charge on any atom is 0.337 e. The topological polar surface area (TPSA) is 114 Å². The fourth-order valence-electron chi connectivity index (χ4n) is 3.65. The highest BCUT2D eigenvalue weighted by atomic mass is 32.2. The summed E-state index contributed by atoms with van der Waals surface area (Å²) in [4.78, 5) is 30.0. The van der Waals surface area contributed by atoms with E-state index in [0.717, 1.165) is 38.1 Å². The summed E-state index contributed by atoms with van der Waals surface area (Å²) in [7, 11) is 1.32. The van der Waals surface area contributed by atoms with E-state index in [1.54, 1.807) is 27.4 Å². The monoisotopic (exact) mass is 458 g/mol. The van der Waals surface area contributed by atoms with E-state index in [9.17, 15) is 9.59 Å². The van der Waals surface area contributed by atoms with Gasteiger partial charge in [0.05, 0.1) is 42.0 Å². The van der Waals surface area contributed by atoms with Gasteiger partial charge >= 0.3 is 5.97 Å². The van der Waals surface area contributed by atoms with E-state index in [1.165, 1.54) is 18.9 Å². The molecule has 1 aliphatic heterocycles. The van der Waals surface area contributed by atoms with Gasteiger partial charge in [-0.1, -0.05) is 25.1 Å². The van der Waals surface area contributed by atoms with Crippen molar-refractivity contribution in [2.45, 2.75) is 62.7 Å².